The van der Waals surface area contributed by atoms with Gasteiger partial charge in [-0.1, -0.05) is 25.4 Å². The van der Waals surface area contributed by atoms with Crippen LogP contribution < -0.4 is 0 Å². The van der Waals surface area contributed by atoms with Crippen molar-refractivity contribution in [3.05, 3.63) is 28.0 Å². The Morgan fingerprint density at radius 1 is 1.53 bits per heavy atom. The number of aliphatic carboxylic acids is 1. The molecule has 2 N–H and O–H groups in total. The minimum Gasteiger partial charge on any atom is -0.506 e. The normalized spacial score (nSPS) is 11.6. The standard InChI is InChI=1S/C12H14ClFO3/c1-6-8(14)4-7(13)11(17)10(6)12(2,3)5-9(15)16/h4,17H,5H2,1-3H3,(H,15,16). The molecule has 17 heavy (non-hydrogen) atoms. The highest BCUT2D eigenvalue weighted by Gasteiger charge is 2.31. The molecule has 5 heteroatoms. The lowest BCUT2D eigenvalue weighted by molar-refractivity contribution is -0.138. The molecule has 0 amide bonds. The van der Waals surface area contributed by atoms with E-state index < -0.39 is 17.2 Å². The zero-order chi connectivity index (χ0) is 13.4. The highest BCUT2D eigenvalue weighted by Crippen LogP contribution is 2.41. The molecule has 0 atom stereocenters. The van der Waals surface area contributed by atoms with Crippen molar-refractivity contribution in [3.63, 3.8) is 0 Å². The van der Waals surface area contributed by atoms with Crippen LogP contribution in [0, 0.1) is 12.7 Å². The number of rotatable bonds is 3. The zero-order valence-electron chi connectivity index (χ0n) is 9.84. The summed E-state index contributed by atoms with van der Waals surface area (Å²) in [7, 11) is 0. The average Bonchev–Trinajstić information content (AvgIpc) is 2.12. The molecule has 0 saturated heterocycles. The van der Waals surface area contributed by atoms with Gasteiger partial charge in [-0.2, -0.15) is 0 Å². The summed E-state index contributed by atoms with van der Waals surface area (Å²) < 4.78 is 13.5. The molecular weight excluding hydrogens is 247 g/mol. The molecule has 0 unspecified atom stereocenters. The van der Waals surface area contributed by atoms with Gasteiger partial charge >= 0.3 is 5.97 Å². The number of phenolic OH excluding ortho intramolecular Hbond substituents is 1. The molecule has 0 heterocycles. The van der Waals surface area contributed by atoms with Gasteiger partial charge in [0, 0.05) is 11.0 Å². The maximum atomic E-state index is 13.5. The first kappa shape index (κ1) is 13.8. The highest BCUT2D eigenvalue weighted by atomic mass is 35.5. The third kappa shape index (κ3) is 2.69. The van der Waals surface area contributed by atoms with Gasteiger partial charge in [0.1, 0.15) is 11.6 Å². The predicted octanol–water partition coefficient (Wildman–Crippen LogP) is 3.25. The fourth-order valence-corrected chi connectivity index (χ4v) is 2.19. The second-order valence-electron chi connectivity index (χ2n) is 4.64. The van der Waals surface area contributed by atoms with Crippen molar-refractivity contribution < 1.29 is 19.4 Å². The molecular formula is C12H14ClFO3. The number of carboxylic acids is 1. The summed E-state index contributed by atoms with van der Waals surface area (Å²) in [6.07, 6.45) is -0.221. The maximum Gasteiger partial charge on any atom is 0.304 e. The SMILES string of the molecule is Cc1c(F)cc(Cl)c(O)c1C(C)(C)CC(=O)O. The fourth-order valence-electron chi connectivity index (χ4n) is 2.00. The van der Waals surface area contributed by atoms with Crippen LogP contribution in [0.2, 0.25) is 5.02 Å². The molecule has 1 aromatic carbocycles. The van der Waals surface area contributed by atoms with Crippen LogP contribution in [0.25, 0.3) is 0 Å². The number of halogens is 2. The van der Waals surface area contributed by atoms with E-state index >= 15 is 0 Å². The first-order valence-corrected chi connectivity index (χ1v) is 5.44. The number of carboxylic acid groups (broad SMARTS) is 1. The lowest BCUT2D eigenvalue weighted by Gasteiger charge is -2.26. The summed E-state index contributed by atoms with van der Waals surface area (Å²) in [6.45, 7) is 4.74. The zero-order valence-corrected chi connectivity index (χ0v) is 10.6. The number of hydrogen-bond acceptors (Lipinski definition) is 2. The van der Waals surface area contributed by atoms with Crippen LogP contribution in [0.15, 0.2) is 6.07 Å². The van der Waals surface area contributed by atoms with Gasteiger partial charge in [-0.3, -0.25) is 4.79 Å². The van der Waals surface area contributed by atoms with Crippen LogP contribution in [0.3, 0.4) is 0 Å². The number of carbonyl (C=O) groups is 1. The minimum absolute atomic E-state index is 0.110. The molecule has 94 valence electrons. The van der Waals surface area contributed by atoms with Gasteiger partial charge in [-0.25, -0.2) is 4.39 Å². The molecule has 0 radical (unpaired) electrons. The Kier molecular flexibility index (Phi) is 3.67. The largest absolute Gasteiger partial charge is 0.506 e. The topological polar surface area (TPSA) is 57.5 Å². The van der Waals surface area contributed by atoms with Crippen LogP contribution in [0.1, 0.15) is 31.4 Å². The summed E-state index contributed by atoms with van der Waals surface area (Å²) in [4.78, 5) is 10.8. The van der Waals surface area contributed by atoms with Crippen LogP contribution in [-0.2, 0) is 10.2 Å². The van der Waals surface area contributed by atoms with Crippen molar-refractivity contribution in [1.29, 1.82) is 0 Å². The van der Waals surface area contributed by atoms with E-state index in [1.54, 1.807) is 13.8 Å². The van der Waals surface area contributed by atoms with Crippen LogP contribution in [0.4, 0.5) is 4.39 Å². The highest BCUT2D eigenvalue weighted by molar-refractivity contribution is 6.32. The van der Waals surface area contributed by atoms with Crippen LogP contribution in [0.5, 0.6) is 5.75 Å². The van der Waals surface area contributed by atoms with Crippen molar-refractivity contribution in [1.82, 2.24) is 0 Å². The van der Waals surface area contributed by atoms with Gasteiger partial charge in [-0.05, 0) is 18.6 Å². The first-order valence-electron chi connectivity index (χ1n) is 5.06. The first-order chi connectivity index (χ1) is 7.66. The second kappa shape index (κ2) is 4.53. The third-order valence-corrected chi connectivity index (χ3v) is 3.01. The van der Waals surface area contributed by atoms with E-state index in [9.17, 15) is 14.3 Å². The Hall–Kier alpha value is -1.29. The van der Waals surface area contributed by atoms with E-state index in [2.05, 4.69) is 0 Å². The summed E-state index contributed by atoms with van der Waals surface area (Å²) in [5.74, 6) is -1.83. The van der Waals surface area contributed by atoms with E-state index in [0.717, 1.165) is 6.07 Å². The van der Waals surface area contributed by atoms with Gasteiger partial charge in [0.2, 0.25) is 0 Å². The predicted molar refractivity (Wildman–Crippen MR) is 63.1 cm³/mol. The molecule has 3 nitrogen and oxygen atoms in total. The molecule has 0 aromatic heterocycles. The molecule has 0 aliphatic heterocycles. The molecule has 1 aromatic rings. The van der Waals surface area contributed by atoms with Gasteiger partial charge in [0.05, 0.1) is 11.4 Å². The van der Waals surface area contributed by atoms with Crippen molar-refractivity contribution in [2.75, 3.05) is 0 Å². The number of aromatic hydroxyl groups is 1. The van der Waals surface area contributed by atoms with Crippen LogP contribution in [-0.4, -0.2) is 16.2 Å². The Labute approximate surface area is 104 Å². The Morgan fingerprint density at radius 3 is 2.53 bits per heavy atom. The Morgan fingerprint density at radius 2 is 2.06 bits per heavy atom. The molecule has 0 bridgehead atoms. The third-order valence-electron chi connectivity index (χ3n) is 2.72. The lowest BCUT2D eigenvalue weighted by atomic mass is 9.78. The minimum atomic E-state index is -1.02. The monoisotopic (exact) mass is 260 g/mol. The average molecular weight is 261 g/mol. The molecule has 1 rings (SSSR count). The van der Waals surface area contributed by atoms with Crippen molar-refractivity contribution in [2.45, 2.75) is 32.6 Å². The molecule has 0 aliphatic rings. The van der Waals surface area contributed by atoms with Gasteiger partial charge in [0.15, 0.2) is 0 Å². The van der Waals surface area contributed by atoms with Gasteiger partial charge in [-0.15, -0.1) is 0 Å². The maximum absolute atomic E-state index is 13.5. The van der Waals surface area contributed by atoms with Crippen molar-refractivity contribution >= 4 is 17.6 Å². The Bertz CT molecular complexity index is 443. The number of phenols is 1. The smallest absolute Gasteiger partial charge is 0.304 e. The van der Waals surface area contributed by atoms with Crippen molar-refractivity contribution in [2.24, 2.45) is 0 Å². The molecule has 0 spiro atoms. The van der Waals surface area contributed by atoms with Gasteiger partial charge in [0.25, 0.3) is 0 Å². The summed E-state index contributed by atoms with van der Waals surface area (Å²) >= 11 is 5.70. The van der Waals surface area contributed by atoms with Gasteiger partial charge < -0.3 is 10.2 Å². The lowest BCUT2D eigenvalue weighted by Crippen LogP contribution is -2.23. The number of benzene rings is 1. The van der Waals surface area contributed by atoms with E-state index in [1.165, 1.54) is 6.92 Å². The molecule has 0 saturated carbocycles. The quantitative estimate of drug-likeness (QED) is 0.877. The van der Waals surface area contributed by atoms with E-state index in [-0.39, 0.29) is 28.3 Å². The molecule has 0 fully saturated rings. The van der Waals surface area contributed by atoms with E-state index in [4.69, 9.17) is 16.7 Å². The second-order valence-corrected chi connectivity index (χ2v) is 5.05. The number of hydrogen-bond donors (Lipinski definition) is 2. The Balaban J connectivity index is 3.44. The summed E-state index contributed by atoms with van der Waals surface area (Å²) in [5, 5.41) is 18.6. The fraction of sp³-hybridized carbons (Fsp3) is 0.417. The van der Waals surface area contributed by atoms with Crippen LogP contribution >= 0.6 is 11.6 Å². The molecule has 0 aliphatic carbocycles. The summed E-state index contributed by atoms with van der Waals surface area (Å²) in [5.41, 5.74) is -0.436. The van der Waals surface area contributed by atoms with E-state index in [1.807, 2.05) is 0 Å². The summed E-state index contributed by atoms with van der Waals surface area (Å²) in [6, 6.07) is 1.02. The van der Waals surface area contributed by atoms with E-state index in [0.29, 0.717) is 0 Å². The van der Waals surface area contributed by atoms with Crippen molar-refractivity contribution in [3.8, 4) is 5.75 Å².